The molecule has 0 spiro atoms. The summed E-state index contributed by atoms with van der Waals surface area (Å²) < 4.78 is 11.2. The van der Waals surface area contributed by atoms with Crippen LogP contribution in [-0.2, 0) is 6.61 Å². The van der Waals surface area contributed by atoms with E-state index in [1.165, 1.54) is 12.4 Å². The Kier molecular flexibility index (Phi) is 7.05. The van der Waals surface area contributed by atoms with Crippen molar-refractivity contribution in [2.75, 3.05) is 7.11 Å². The van der Waals surface area contributed by atoms with E-state index < -0.39 is 5.91 Å². The topological polar surface area (TPSA) is 72.8 Å². The molecule has 1 N–H and O–H groups in total. The van der Waals surface area contributed by atoms with Crippen LogP contribution in [0.1, 0.15) is 21.5 Å². The SMILES string of the molecule is COc1cc(C=NNC(=O)c2cccnc2Cl)ccc1OCc1ccccc1Cl. The number of rotatable bonds is 7. The van der Waals surface area contributed by atoms with E-state index in [2.05, 4.69) is 15.5 Å². The lowest BCUT2D eigenvalue weighted by atomic mass is 10.2. The molecule has 1 heterocycles. The molecule has 8 heteroatoms. The number of hydrogen-bond donors (Lipinski definition) is 1. The van der Waals surface area contributed by atoms with Gasteiger partial charge in [0.1, 0.15) is 11.8 Å². The molecule has 0 saturated carbocycles. The fourth-order valence-electron chi connectivity index (χ4n) is 2.44. The van der Waals surface area contributed by atoms with Gasteiger partial charge < -0.3 is 9.47 Å². The lowest BCUT2D eigenvalue weighted by Gasteiger charge is -2.12. The molecule has 3 rings (SSSR count). The van der Waals surface area contributed by atoms with Gasteiger partial charge >= 0.3 is 0 Å². The summed E-state index contributed by atoms with van der Waals surface area (Å²) in [6.07, 6.45) is 2.99. The number of pyridine rings is 1. The van der Waals surface area contributed by atoms with Gasteiger partial charge in [-0.15, -0.1) is 0 Å². The highest BCUT2D eigenvalue weighted by atomic mass is 35.5. The van der Waals surface area contributed by atoms with E-state index in [1.54, 1.807) is 37.4 Å². The van der Waals surface area contributed by atoms with Crippen LogP contribution in [0.5, 0.6) is 11.5 Å². The Labute approximate surface area is 178 Å². The van der Waals surface area contributed by atoms with E-state index in [-0.39, 0.29) is 10.7 Å². The third-order valence-corrected chi connectivity index (χ3v) is 4.58. The minimum Gasteiger partial charge on any atom is -0.493 e. The molecule has 0 radical (unpaired) electrons. The first-order valence-corrected chi connectivity index (χ1v) is 9.32. The number of amides is 1. The van der Waals surface area contributed by atoms with Crippen molar-refractivity contribution in [3.8, 4) is 11.5 Å². The predicted octanol–water partition coefficient (Wildman–Crippen LogP) is 4.74. The maximum Gasteiger partial charge on any atom is 0.274 e. The van der Waals surface area contributed by atoms with Gasteiger partial charge in [-0.1, -0.05) is 41.4 Å². The number of carbonyl (C=O) groups excluding carboxylic acids is 1. The second-order valence-electron chi connectivity index (χ2n) is 5.83. The quantitative estimate of drug-likeness (QED) is 0.334. The van der Waals surface area contributed by atoms with Gasteiger partial charge in [-0.05, 0) is 42.0 Å². The molecule has 0 fully saturated rings. The monoisotopic (exact) mass is 429 g/mol. The third kappa shape index (κ3) is 5.47. The van der Waals surface area contributed by atoms with Crippen molar-refractivity contribution in [1.82, 2.24) is 10.4 Å². The molecule has 1 amide bonds. The summed E-state index contributed by atoms with van der Waals surface area (Å²) in [6, 6.07) is 15.9. The van der Waals surface area contributed by atoms with Crippen molar-refractivity contribution < 1.29 is 14.3 Å². The van der Waals surface area contributed by atoms with Gasteiger partial charge in [0.2, 0.25) is 0 Å². The molecule has 2 aromatic carbocycles. The smallest absolute Gasteiger partial charge is 0.274 e. The van der Waals surface area contributed by atoms with Crippen molar-refractivity contribution >= 4 is 35.3 Å². The van der Waals surface area contributed by atoms with E-state index >= 15 is 0 Å². The molecule has 0 atom stereocenters. The lowest BCUT2D eigenvalue weighted by Crippen LogP contribution is -2.18. The molecular weight excluding hydrogens is 413 g/mol. The molecule has 1 aromatic heterocycles. The Bertz CT molecular complexity index is 1040. The summed E-state index contributed by atoms with van der Waals surface area (Å²) in [6.45, 7) is 0.311. The van der Waals surface area contributed by atoms with E-state index in [0.29, 0.717) is 28.7 Å². The summed E-state index contributed by atoms with van der Waals surface area (Å²) in [5, 5.41) is 4.70. The van der Waals surface area contributed by atoms with E-state index in [4.69, 9.17) is 32.7 Å². The van der Waals surface area contributed by atoms with Crippen molar-refractivity contribution in [3.05, 3.63) is 87.7 Å². The van der Waals surface area contributed by atoms with Crippen molar-refractivity contribution in [1.29, 1.82) is 0 Å². The molecule has 0 bridgehead atoms. The first-order chi connectivity index (χ1) is 14.1. The third-order valence-electron chi connectivity index (χ3n) is 3.91. The summed E-state index contributed by atoms with van der Waals surface area (Å²) in [5.74, 6) is 0.643. The Balaban J connectivity index is 1.65. The number of halogens is 2. The van der Waals surface area contributed by atoms with Gasteiger partial charge in [0.05, 0.1) is 18.9 Å². The maximum atomic E-state index is 12.1. The number of hydrogen-bond acceptors (Lipinski definition) is 5. The fraction of sp³-hybridized carbons (Fsp3) is 0.0952. The van der Waals surface area contributed by atoms with Gasteiger partial charge in [0.15, 0.2) is 11.5 Å². The first kappa shape index (κ1) is 20.6. The molecule has 0 aliphatic carbocycles. The standard InChI is InChI=1S/C21H17Cl2N3O3/c1-28-19-11-14(12-25-26-21(27)16-6-4-10-24-20(16)23)8-9-18(19)29-13-15-5-2-3-7-17(15)22/h2-12H,13H2,1H3,(H,26,27). The summed E-state index contributed by atoms with van der Waals surface area (Å²) >= 11 is 12.0. The highest BCUT2D eigenvalue weighted by molar-refractivity contribution is 6.32. The minimum absolute atomic E-state index is 0.113. The van der Waals surface area contributed by atoms with Gasteiger partial charge in [-0.3, -0.25) is 4.79 Å². The van der Waals surface area contributed by atoms with Gasteiger partial charge in [0, 0.05) is 16.8 Å². The summed E-state index contributed by atoms with van der Waals surface area (Å²) in [4.78, 5) is 15.9. The Morgan fingerprint density at radius 2 is 1.97 bits per heavy atom. The van der Waals surface area contributed by atoms with Crippen molar-refractivity contribution in [3.63, 3.8) is 0 Å². The van der Waals surface area contributed by atoms with Crippen molar-refractivity contribution in [2.24, 2.45) is 5.10 Å². The van der Waals surface area contributed by atoms with Crippen LogP contribution >= 0.6 is 23.2 Å². The van der Waals surface area contributed by atoms with Gasteiger partial charge in [0.25, 0.3) is 5.91 Å². The minimum atomic E-state index is -0.453. The van der Waals surface area contributed by atoms with Gasteiger partial charge in [-0.25, -0.2) is 10.4 Å². The number of ether oxygens (including phenoxy) is 2. The number of carbonyl (C=O) groups is 1. The van der Waals surface area contributed by atoms with Crippen LogP contribution in [0, 0.1) is 0 Å². The Morgan fingerprint density at radius 3 is 2.72 bits per heavy atom. The Morgan fingerprint density at radius 1 is 1.14 bits per heavy atom. The molecule has 3 aromatic rings. The number of aromatic nitrogens is 1. The number of hydrazone groups is 1. The molecular formula is C21H17Cl2N3O3. The first-order valence-electron chi connectivity index (χ1n) is 8.56. The second kappa shape index (κ2) is 9.91. The highest BCUT2D eigenvalue weighted by Gasteiger charge is 2.10. The fourth-order valence-corrected chi connectivity index (χ4v) is 2.83. The molecule has 0 aliphatic rings. The lowest BCUT2D eigenvalue weighted by molar-refractivity contribution is 0.0955. The maximum absolute atomic E-state index is 12.1. The van der Waals surface area contributed by atoms with Gasteiger partial charge in [-0.2, -0.15) is 5.10 Å². The molecule has 148 valence electrons. The van der Waals surface area contributed by atoms with E-state index in [1.807, 2.05) is 24.3 Å². The highest BCUT2D eigenvalue weighted by Crippen LogP contribution is 2.29. The zero-order chi connectivity index (χ0) is 20.6. The zero-order valence-electron chi connectivity index (χ0n) is 15.4. The molecule has 0 saturated heterocycles. The molecule has 0 unspecified atom stereocenters. The number of methoxy groups -OCH3 is 1. The van der Waals surface area contributed by atoms with Crippen LogP contribution in [0.15, 0.2) is 65.9 Å². The summed E-state index contributed by atoms with van der Waals surface area (Å²) in [5.41, 5.74) is 4.24. The van der Waals surface area contributed by atoms with E-state index in [0.717, 1.165) is 5.56 Å². The summed E-state index contributed by atoms with van der Waals surface area (Å²) in [7, 11) is 1.55. The van der Waals surface area contributed by atoms with Crippen LogP contribution in [-0.4, -0.2) is 24.2 Å². The van der Waals surface area contributed by atoms with Crippen LogP contribution < -0.4 is 14.9 Å². The van der Waals surface area contributed by atoms with E-state index in [9.17, 15) is 4.79 Å². The Hall–Kier alpha value is -3.09. The normalized spacial score (nSPS) is 10.7. The number of benzene rings is 2. The van der Waals surface area contributed by atoms with Crippen LogP contribution in [0.25, 0.3) is 0 Å². The molecule has 0 aliphatic heterocycles. The predicted molar refractivity (Wildman–Crippen MR) is 113 cm³/mol. The van der Waals surface area contributed by atoms with Crippen LogP contribution in [0.2, 0.25) is 10.2 Å². The average molecular weight is 430 g/mol. The van der Waals surface area contributed by atoms with Crippen LogP contribution in [0.4, 0.5) is 0 Å². The number of nitrogens with zero attached hydrogens (tertiary/aromatic N) is 2. The molecule has 29 heavy (non-hydrogen) atoms. The van der Waals surface area contributed by atoms with Crippen molar-refractivity contribution in [2.45, 2.75) is 6.61 Å². The molecule has 6 nitrogen and oxygen atoms in total. The van der Waals surface area contributed by atoms with Crippen LogP contribution in [0.3, 0.4) is 0 Å². The second-order valence-corrected chi connectivity index (χ2v) is 6.60. The number of nitrogens with one attached hydrogen (secondary N) is 1. The largest absolute Gasteiger partial charge is 0.493 e. The average Bonchev–Trinajstić information content (AvgIpc) is 2.74. The zero-order valence-corrected chi connectivity index (χ0v) is 16.9.